The van der Waals surface area contributed by atoms with E-state index in [-0.39, 0.29) is 11.9 Å². The molecule has 1 atom stereocenters. The highest BCUT2D eigenvalue weighted by atomic mass is 32.2. The Kier molecular flexibility index (Phi) is 5.58. The lowest BCUT2D eigenvalue weighted by molar-refractivity contribution is 0.0944. The number of nitrogens with one attached hydrogen (secondary N) is 1. The second-order valence-corrected chi connectivity index (χ2v) is 5.04. The summed E-state index contributed by atoms with van der Waals surface area (Å²) < 4.78 is 0. The molecule has 1 unspecified atom stereocenters. The average Bonchev–Trinajstić information content (AvgIpc) is 2.36. The number of hydrogen-bond acceptors (Lipinski definition) is 3. The van der Waals surface area contributed by atoms with Crippen molar-refractivity contribution in [1.29, 1.82) is 5.26 Å². The van der Waals surface area contributed by atoms with Crippen LogP contribution in [0, 0.1) is 11.3 Å². The Hall–Kier alpha value is -1.47. The van der Waals surface area contributed by atoms with E-state index < -0.39 is 0 Å². The van der Waals surface area contributed by atoms with Crippen LogP contribution in [-0.2, 0) is 0 Å². The normalized spacial score (nSPS) is 11.6. The average molecular weight is 248 g/mol. The standard InChI is InChI=1S/C13H16N2OS/c1-3-17-9-10(2)15-13(16)12-6-4-11(8-14)5-7-12/h4-7,10H,3,9H2,1-2H3,(H,15,16). The molecule has 0 fully saturated rings. The summed E-state index contributed by atoms with van der Waals surface area (Å²) in [6, 6.07) is 8.84. The molecule has 0 aliphatic heterocycles. The van der Waals surface area contributed by atoms with Gasteiger partial charge in [0.05, 0.1) is 11.6 Å². The highest BCUT2D eigenvalue weighted by molar-refractivity contribution is 7.99. The third-order valence-electron chi connectivity index (χ3n) is 2.23. The minimum absolute atomic E-state index is 0.0845. The SMILES string of the molecule is CCSCC(C)NC(=O)c1ccc(C#N)cc1. The lowest BCUT2D eigenvalue weighted by atomic mass is 10.1. The van der Waals surface area contributed by atoms with E-state index in [1.54, 1.807) is 36.0 Å². The zero-order chi connectivity index (χ0) is 12.7. The van der Waals surface area contributed by atoms with E-state index >= 15 is 0 Å². The molecule has 0 heterocycles. The fourth-order valence-corrected chi connectivity index (χ4v) is 2.01. The highest BCUT2D eigenvalue weighted by Crippen LogP contribution is 2.05. The lowest BCUT2D eigenvalue weighted by Crippen LogP contribution is -2.34. The molecule has 4 heteroatoms. The number of nitriles is 1. The van der Waals surface area contributed by atoms with E-state index in [9.17, 15) is 4.79 Å². The first-order chi connectivity index (χ1) is 8.17. The number of benzene rings is 1. The van der Waals surface area contributed by atoms with Crippen LogP contribution in [-0.4, -0.2) is 23.5 Å². The summed E-state index contributed by atoms with van der Waals surface area (Å²) in [6.45, 7) is 4.09. The topological polar surface area (TPSA) is 52.9 Å². The molecule has 17 heavy (non-hydrogen) atoms. The van der Waals surface area contributed by atoms with E-state index in [4.69, 9.17) is 5.26 Å². The number of thioether (sulfide) groups is 1. The van der Waals surface area contributed by atoms with E-state index in [2.05, 4.69) is 12.2 Å². The Morgan fingerprint density at radius 2 is 2.12 bits per heavy atom. The third-order valence-corrected chi connectivity index (χ3v) is 3.37. The van der Waals surface area contributed by atoms with E-state index in [1.807, 2.05) is 13.0 Å². The second-order valence-electron chi connectivity index (χ2n) is 3.72. The molecule has 1 aromatic rings. The summed E-state index contributed by atoms with van der Waals surface area (Å²) in [5.74, 6) is 1.88. The van der Waals surface area contributed by atoms with Gasteiger partial charge in [0.1, 0.15) is 0 Å². The maximum absolute atomic E-state index is 11.8. The molecule has 0 aliphatic carbocycles. The van der Waals surface area contributed by atoms with Crippen LogP contribution in [0.5, 0.6) is 0 Å². The minimum Gasteiger partial charge on any atom is -0.349 e. The van der Waals surface area contributed by atoms with E-state index in [0.717, 1.165) is 11.5 Å². The van der Waals surface area contributed by atoms with Crippen molar-refractivity contribution in [2.45, 2.75) is 19.9 Å². The summed E-state index contributed by atoms with van der Waals surface area (Å²) in [4.78, 5) is 11.8. The van der Waals surface area contributed by atoms with Crippen LogP contribution in [0.1, 0.15) is 29.8 Å². The van der Waals surface area contributed by atoms with Crippen molar-refractivity contribution in [3.05, 3.63) is 35.4 Å². The molecule has 1 rings (SSSR count). The zero-order valence-corrected chi connectivity index (χ0v) is 10.9. The zero-order valence-electron chi connectivity index (χ0n) is 10.1. The van der Waals surface area contributed by atoms with Gasteiger partial charge in [0.2, 0.25) is 0 Å². The summed E-state index contributed by atoms with van der Waals surface area (Å²) in [5.41, 5.74) is 1.16. The van der Waals surface area contributed by atoms with Crippen molar-refractivity contribution >= 4 is 17.7 Å². The Labute approximate surface area is 106 Å². The molecule has 0 aliphatic rings. The van der Waals surface area contributed by atoms with Gasteiger partial charge < -0.3 is 5.32 Å². The van der Waals surface area contributed by atoms with Crippen molar-refractivity contribution in [3.63, 3.8) is 0 Å². The molecule has 90 valence electrons. The van der Waals surface area contributed by atoms with Gasteiger partial charge >= 0.3 is 0 Å². The van der Waals surface area contributed by atoms with Gasteiger partial charge in [-0.15, -0.1) is 0 Å². The summed E-state index contributed by atoms with van der Waals surface area (Å²) in [6.07, 6.45) is 0. The van der Waals surface area contributed by atoms with Crippen molar-refractivity contribution in [2.24, 2.45) is 0 Å². The molecule has 0 aromatic heterocycles. The fraction of sp³-hybridized carbons (Fsp3) is 0.385. The van der Waals surface area contributed by atoms with Crippen LogP contribution in [0.15, 0.2) is 24.3 Å². The van der Waals surface area contributed by atoms with Crippen LogP contribution < -0.4 is 5.32 Å². The molecule has 1 N–H and O–H groups in total. The van der Waals surface area contributed by atoms with Crippen molar-refractivity contribution < 1.29 is 4.79 Å². The van der Waals surface area contributed by atoms with Crippen LogP contribution in [0.2, 0.25) is 0 Å². The second kappa shape index (κ2) is 6.97. The number of rotatable bonds is 5. The van der Waals surface area contributed by atoms with Crippen LogP contribution in [0.3, 0.4) is 0 Å². The fourth-order valence-electron chi connectivity index (χ4n) is 1.34. The molecular weight excluding hydrogens is 232 g/mol. The Morgan fingerprint density at radius 3 is 2.65 bits per heavy atom. The van der Waals surface area contributed by atoms with Gasteiger partial charge in [-0.25, -0.2) is 0 Å². The smallest absolute Gasteiger partial charge is 0.251 e. The van der Waals surface area contributed by atoms with Crippen LogP contribution >= 0.6 is 11.8 Å². The van der Waals surface area contributed by atoms with Crippen molar-refractivity contribution in [2.75, 3.05) is 11.5 Å². The molecule has 0 radical (unpaired) electrons. The minimum atomic E-state index is -0.0845. The van der Waals surface area contributed by atoms with Gasteiger partial charge in [0.25, 0.3) is 5.91 Å². The van der Waals surface area contributed by atoms with Crippen LogP contribution in [0.4, 0.5) is 0 Å². The molecule has 0 saturated heterocycles. The molecule has 1 amide bonds. The first-order valence-electron chi connectivity index (χ1n) is 5.56. The summed E-state index contributed by atoms with van der Waals surface area (Å²) in [7, 11) is 0. The van der Waals surface area contributed by atoms with Gasteiger partial charge in [-0.05, 0) is 36.9 Å². The van der Waals surface area contributed by atoms with Gasteiger partial charge in [-0.2, -0.15) is 17.0 Å². The first kappa shape index (κ1) is 13.6. The Morgan fingerprint density at radius 1 is 1.47 bits per heavy atom. The van der Waals surface area contributed by atoms with E-state index in [0.29, 0.717) is 11.1 Å². The maximum atomic E-state index is 11.8. The summed E-state index contributed by atoms with van der Waals surface area (Å²) in [5, 5.41) is 11.6. The Bertz CT molecular complexity index is 408. The molecule has 1 aromatic carbocycles. The molecule has 0 saturated carbocycles. The Balaban J connectivity index is 2.54. The van der Waals surface area contributed by atoms with Gasteiger partial charge in [-0.3, -0.25) is 4.79 Å². The predicted octanol–water partition coefficient (Wildman–Crippen LogP) is 2.43. The number of carbonyl (C=O) groups is 1. The highest BCUT2D eigenvalue weighted by Gasteiger charge is 2.09. The van der Waals surface area contributed by atoms with E-state index in [1.165, 1.54) is 0 Å². The monoisotopic (exact) mass is 248 g/mol. The van der Waals surface area contributed by atoms with Gasteiger partial charge in [0, 0.05) is 17.4 Å². The number of amides is 1. The number of nitrogens with zero attached hydrogens (tertiary/aromatic N) is 1. The molecule has 0 spiro atoms. The molecule has 0 bridgehead atoms. The number of hydrogen-bond donors (Lipinski definition) is 1. The largest absolute Gasteiger partial charge is 0.349 e. The van der Waals surface area contributed by atoms with Gasteiger partial charge in [0.15, 0.2) is 0 Å². The predicted molar refractivity (Wildman–Crippen MR) is 71.1 cm³/mol. The third kappa shape index (κ3) is 4.49. The first-order valence-corrected chi connectivity index (χ1v) is 6.71. The van der Waals surface area contributed by atoms with Crippen molar-refractivity contribution in [3.8, 4) is 6.07 Å². The maximum Gasteiger partial charge on any atom is 0.251 e. The van der Waals surface area contributed by atoms with Crippen LogP contribution in [0.25, 0.3) is 0 Å². The molecular formula is C13H16N2OS. The lowest BCUT2D eigenvalue weighted by Gasteiger charge is -2.12. The molecule has 3 nitrogen and oxygen atoms in total. The van der Waals surface area contributed by atoms with Crippen molar-refractivity contribution in [1.82, 2.24) is 5.32 Å². The summed E-state index contributed by atoms with van der Waals surface area (Å²) >= 11 is 1.80. The van der Waals surface area contributed by atoms with Gasteiger partial charge in [-0.1, -0.05) is 6.92 Å². The quantitative estimate of drug-likeness (QED) is 0.870. The number of carbonyl (C=O) groups excluding carboxylic acids is 1.